The maximum absolute atomic E-state index is 11.5. The van der Waals surface area contributed by atoms with Gasteiger partial charge in [0.15, 0.2) is 0 Å². The number of aromatic nitrogens is 1. The normalized spacial score (nSPS) is 10.6. The summed E-state index contributed by atoms with van der Waals surface area (Å²) in [5, 5.41) is 4.55. The van der Waals surface area contributed by atoms with E-state index >= 15 is 0 Å². The Kier molecular flexibility index (Phi) is 5.87. The molecule has 0 aromatic carbocycles. The molecule has 0 bridgehead atoms. The highest BCUT2D eigenvalue weighted by molar-refractivity contribution is 7.10. The Hall–Kier alpha value is -0.850. The van der Waals surface area contributed by atoms with E-state index in [0.29, 0.717) is 0 Å². The van der Waals surface area contributed by atoms with Gasteiger partial charge in [0, 0.05) is 12.5 Å². The zero-order chi connectivity index (χ0) is 12.3. The minimum Gasteiger partial charge on any atom is -0.296 e. The van der Waals surface area contributed by atoms with E-state index in [1.165, 1.54) is 18.6 Å². The van der Waals surface area contributed by atoms with E-state index in [4.69, 9.17) is 4.84 Å². The number of hydrogen-bond acceptors (Lipinski definition) is 4. The Bertz CT molecular complexity index is 376. The number of rotatable bonds is 2. The van der Waals surface area contributed by atoms with Gasteiger partial charge in [-0.2, -0.15) is 4.37 Å². The van der Waals surface area contributed by atoms with Crippen LogP contribution in [0.2, 0.25) is 0 Å². The average Bonchev–Trinajstić information content (AvgIpc) is 2.64. The zero-order valence-corrected chi connectivity index (χ0v) is 12.2. The molecule has 17 heavy (non-hydrogen) atoms. The lowest BCUT2D eigenvalue weighted by molar-refractivity contribution is -0.0597. The number of carbonyl (C=O) groups is 1. The number of hydroxylamine groups is 2. The summed E-state index contributed by atoms with van der Waals surface area (Å²) in [6, 6.07) is 1.57. The molecule has 98 valence electrons. The van der Waals surface area contributed by atoms with E-state index in [9.17, 15) is 4.79 Å². The van der Waals surface area contributed by atoms with Crippen LogP contribution in [0.15, 0.2) is 6.07 Å². The van der Waals surface area contributed by atoms with Crippen LogP contribution in [0.1, 0.15) is 26.5 Å². The van der Waals surface area contributed by atoms with Crippen molar-refractivity contribution in [2.45, 2.75) is 26.2 Å². The lowest BCUT2D eigenvalue weighted by Gasteiger charge is -2.14. The van der Waals surface area contributed by atoms with E-state index in [2.05, 4.69) is 30.5 Å². The van der Waals surface area contributed by atoms with Crippen LogP contribution in [0, 0.1) is 0 Å². The fourth-order valence-corrected chi connectivity index (χ4v) is 1.78. The highest BCUT2D eigenvalue weighted by atomic mass is 35.5. The average molecular weight is 280 g/mol. The van der Waals surface area contributed by atoms with Crippen LogP contribution in [0.25, 0.3) is 0 Å². The Morgan fingerprint density at radius 2 is 2.12 bits per heavy atom. The molecule has 2 amide bonds. The maximum Gasteiger partial charge on any atom is 0.346 e. The predicted octanol–water partition coefficient (Wildman–Crippen LogP) is 2.89. The van der Waals surface area contributed by atoms with E-state index < -0.39 is 0 Å². The first kappa shape index (κ1) is 16.1. The molecule has 1 rings (SSSR count). The number of carbonyl (C=O) groups excluding carboxylic acids is 1. The number of urea groups is 1. The molecule has 5 nitrogen and oxygen atoms in total. The molecule has 1 aromatic heterocycles. The van der Waals surface area contributed by atoms with E-state index in [1.54, 1.807) is 7.05 Å². The molecule has 1 aromatic rings. The first-order chi connectivity index (χ1) is 7.34. The number of anilines is 1. The molecule has 0 saturated heterocycles. The van der Waals surface area contributed by atoms with Gasteiger partial charge < -0.3 is 0 Å². The lowest BCUT2D eigenvalue weighted by atomic mass is 9.92. The van der Waals surface area contributed by atoms with Crippen molar-refractivity contribution < 1.29 is 9.63 Å². The van der Waals surface area contributed by atoms with Crippen LogP contribution in [-0.2, 0) is 10.3 Å². The second-order valence-electron chi connectivity index (χ2n) is 4.44. The third-order valence-corrected chi connectivity index (χ3v) is 2.77. The Labute approximate surface area is 112 Å². The quantitative estimate of drug-likeness (QED) is 0.847. The van der Waals surface area contributed by atoms with Crippen molar-refractivity contribution in [3.63, 3.8) is 0 Å². The van der Waals surface area contributed by atoms with E-state index in [0.717, 1.165) is 15.8 Å². The number of amides is 2. The molecule has 0 saturated carbocycles. The summed E-state index contributed by atoms with van der Waals surface area (Å²) in [5.74, 6) is 0. The van der Waals surface area contributed by atoms with Crippen molar-refractivity contribution in [3.8, 4) is 0 Å². The van der Waals surface area contributed by atoms with Gasteiger partial charge in [0.1, 0.15) is 5.00 Å². The van der Waals surface area contributed by atoms with Gasteiger partial charge in [0.25, 0.3) is 0 Å². The zero-order valence-electron chi connectivity index (χ0n) is 10.6. The van der Waals surface area contributed by atoms with Gasteiger partial charge in [-0.25, -0.2) is 9.86 Å². The van der Waals surface area contributed by atoms with Gasteiger partial charge in [-0.1, -0.05) is 20.8 Å². The Balaban J connectivity index is 0.00000256. The minimum atomic E-state index is -0.313. The highest BCUT2D eigenvalue weighted by Gasteiger charge is 2.18. The molecular formula is C10H18ClN3O2S. The molecule has 7 heteroatoms. The molecule has 0 atom stereocenters. The fourth-order valence-electron chi connectivity index (χ4n) is 0.955. The van der Waals surface area contributed by atoms with Crippen LogP contribution >= 0.6 is 23.9 Å². The van der Waals surface area contributed by atoms with Crippen LogP contribution in [-0.4, -0.2) is 29.6 Å². The molecule has 0 spiro atoms. The van der Waals surface area contributed by atoms with Gasteiger partial charge in [-0.05, 0) is 17.6 Å². The molecule has 0 aliphatic rings. The van der Waals surface area contributed by atoms with Crippen LogP contribution in [0.3, 0.4) is 0 Å². The monoisotopic (exact) mass is 279 g/mol. The summed E-state index contributed by atoms with van der Waals surface area (Å²) < 4.78 is 4.29. The second-order valence-corrected chi connectivity index (χ2v) is 5.24. The van der Waals surface area contributed by atoms with Crippen LogP contribution in [0.4, 0.5) is 9.80 Å². The molecule has 0 fully saturated rings. The number of nitrogens with zero attached hydrogens (tertiary/aromatic N) is 2. The smallest absolute Gasteiger partial charge is 0.296 e. The predicted molar refractivity (Wildman–Crippen MR) is 71.9 cm³/mol. The van der Waals surface area contributed by atoms with Crippen molar-refractivity contribution >= 4 is 35.0 Å². The van der Waals surface area contributed by atoms with Crippen LogP contribution in [0.5, 0.6) is 0 Å². The second kappa shape index (κ2) is 6.18. The summed E-state index contributed by atoms with van der Waals surface area (Å²) in [7, 11) is 2.98. The summed E-state index contributed by atoms with van der Waals surface area (Å²) >= 11 is 1.27. The van der Waals surface area contributed by atoms with Crippen LogP contribution < -0.4 is 5.32 Å². The molecule has 0 unspecified atom stereocenters. The van der Waals surface area contributed by atoms with E-state index in [1.807, 2.05) is 6.07 Å². The number of halogens is 1. The van der Waals surface area contributed by atoms with Gasteiger partial charge in [0.2, 0.25) is 0 Å². The summed E-state index contributed by atoms with van der Waals surface area (Å²) in [6.07, 6.45) is 0. The minimum absolute atomic E-state index is 0. The van der Waals surface area contributed by atoms with Crippen molar-refractivity contribution in [2.75, 3.05) is 19.5 Å². The van der Waals surface area contributed by atoms with Gasteiger partial charge >= 0.3 is 6.03 Å². The van der Waals surface area contributed by atoms with Crippen molar-refractivity contribution in [3.05, 3.63) is 11.8 Å². The maximum atomic E-state index is 11.5. The topological polar surface area (TPSA) is 54.5 Å². The molecule has 0 aliphatic heterocycles. The largest absolute Gasteiger partial charge is 0.346 e. The van der Waals surface area contributed by atoms with Crippen molar-refractivity contribution in [2.24, 2.45) is 0 Å². The lowest BCUT2D eigenvalue weighted by Crippen LogP contribution is -2.29. The Morgan fingerprint density at radius 1 is 1.53 bits per heavy atom. The van der Waals surface area contributed by atoms with Gasteiger partial charge in [0.05, 0.1) is 12.8 Å². The Morgan fingerprint density at radius 3 is 2.53 bits per heavy atom. The van der Waals surface area contributed by atoms with E-state index in [-0.39, 0.29) is 23.9 Å². The molecule has 1 heterocycles. The molecule has 1 N–H and O–H groups in total. The highest BCUT2D eigenvalue weighted by Crippen LogP contribution is 2.26. The van der Waals surface area contributed by atoms with Gasteiger partial charge in [-0.3, -0.25) is 10.2 Å². The molecule has 0 radical (unpaired) electrons. The third kappa shape index (κ3) is 4.49. The first-order valence-electron chi connectivity index (χ1n) is 4.90. The van der Waals surface area contributed by atoms with Crippen molar-refractivity contribution in [1.82, 2.24) is 9.44 Å². The molecule has 0 aliphatic carbocycles. The SMILES string of the molecule is CON(C)C(=O)Nc1cc(C(C)(C)C)ns1.Cl. The standard InChI is InChI=1S/C10H17N3O2S.ClH/c1-10(2,3)7-6-8(16-12-7)11-9(14)13(4)15-5;/h6H,1-5H3,(H,11,14);1H. The first-order valence-corrected chi connectivity index (χ1v) is 5.68. The third-order valence-electron chi connectivity index (χ3n) is 2.07. The number of hydrogen-bond donors (Lipinski definition) is 1. The summed E-state index contributed by atoms with van der Waals surface area (Å²) in [5.41, 5.74) is 0.958. The fraction of sp³-hybridized carbons (Fsp3) is 0.600. The summed E-state index contributed by atoms with van der Waals surface area (Å²) in [6.45, 7) is 6.23. The van der Waals surface area contributed by atoms with Gasteiger partial charge in [-0.15, -0.1) is 12.4 Å². The summed E-state index contributed by atoms with van der Waals surface area (Å²) in [4.78, 5) is 16.2. The molecular weight excluding hydrogens is 262 g/mol. The number of nitrogens with one attached hydrogen (secondary N) is 1. The van der Waals surface area contributed by atoms with Crippen molar-refractivity contribution in [1.29, 1.82) is 0 Å².